The van der Waals surface area contributed by atoms with Crippen LogP contribution in [-0.2, 0) is 12.8 Å². The molecule has 1 fully saturated rings. The van der Waals surface area contributed by atoms with Crippen molar-refractivity contribution in [2.45, 2.75) is 18.8 Å². The molecule has 2 aromatic rings. The van der Waals surface area contributed by atoms with E-state index in [1.807, 2.05) is 0 Å². The van der Waals surface area contributed by atoms with Gasteiger partial charge in [-0.25, -0.2) is 0 Å². The lowest BCUT2D eigenvalue weighted by Crippen LogP contribution is -2.24. The van der Waals surface area contributed by atoms with Crippen LogP contribution >= 0.6 is 0 Å². The summed E-state index contributed by atoms with van der Waals surface area (Å²) in [4.78, 5) is 2.64. The zero-order valence-corrected chi connectivity index (χ0v) is 13.2. The van der Waals surface area contributed by atoms with Crippen LogP contribution in [0.4, 0.5) is 0 Å². The van der Waals surface area contributed by atoms with Crippen molar-refractivity contribution in [3.63, 3.8) is 0 Å². The predicted molar refractivity (Wildman–Crippen MR) is 89.5 cm³/mol. The minimum absolute atomic E-state index is 0.668. The van der Waals surface area contributed by atoms with E-state index in [2.05, 4.69) is 53.4 Å². The number of nitrogens with zero attached hydrogens (tertiary/aromatic N) is 1. The normalized spacial score (nSPS) is 23.3. The van der Waals surface area contributed by atoms with Crippen LogP contribution in [0.2, 0.25) is 0 Å². The van der Waals surface area contributed by atoms with E-state index in [0.717, 1.165) is 18.1 Å². The Bertz CT molecular complexity index is 652. The zero-order chi connectivity index (χ0) is 14.9. The smallest absolute Gasteiger partial charge is 0.122 e. The number of ether oxygens (including phenoxy) is 1. The number of rotatable bonds is 4. The summed E-state index contributed by atoms with van der Waals surface area (Å²) in [6.45, 7) is 3.59. The summed E-state index contributed by atoms with van der Waals surface area (Å²) in [5.74, 6) is 2.54. The van der Waals surface area contributed by atoms with Gasteiger partial charge in [-0.2, -0.15) is 0 Å². The topological polar surface area (TPSA) is 12.5 Å². The van der Waals surface area contributed by atoms with Crippen molar-refractivity contribution in [2.24, 2.45) is 5.92 Å². The highest BCUT2D eigenvalue weighted by Gasteiger charge is 2.41. The van der Waals surface area contributed by atoms with Crippen LogP contribution in [0.5, 0.6) is 5.75 Å². The molecule has 0 bridgehead atoms. The van der Waals surface area contributed by atoms with Crippen LogP contribution in [0.1, 0.15) is 22.6 Å². The minimum atomic E-state index is 0.668. The molecule has 2 aliphatic rings. The van der Waals surface area contributed by atoms with Gasteiger partial charge in [0, 0.05) is 31.1 Å². The van der Waals surface area contributed by atoms with Crippen LogP contribution < -0.4 is 4.74 Å². The molecule has 114 valence electrons. The molecule has 4 rings (SSSR count). The molecule has 1 aliphatic carbocycles. The summed E-state index contributed by atoms with van der Waals surface area (Å²) in [6.07, 6.45) is 2.37. The molecule has 1 aliphatic heterocycles. The molecule has 1 saturated heterocycles. The molecule has 2 unspecified atom stereocenters. The van der Waals surface area contributed by atoms with Crippen molar-refractivity contribution >= 4 is 0 Å². The molecule has 2 heteroatoms. The third-order valence-electron chi connectivity index (χ3n) is 5.31. The van der Waals surface area contributed by atoms with Crippen LogP contribution in [0.3, 0.4) is 0 Å². The Balaban J connectivity index is 1.45. The monoisotopic (exact) mass is 293 g/mol. The van der Waals surface area contributed by atoms with E-state index < -0.39 is 0 Å². The van der Waals surface area contributed by atoms with Crippen LogP contribution in [0, 0.1) is 5.92 Å². The van der Waals surface area contributed by atoms with E-state index in [1.165, 1.54) is 42.7 Å². The third kappa shape index (κ3) is 2.42. The van der Waals surface area contributed by atoms with E-state index in [0.29, 0.717) is 5.92 Å². The average Bonchev–Trinajstić information content (AvgIpc) is 3.10. The molecule has 2 atom stereocenters. The molecular formula is C20H23NO. The summed E-state index contributed by atoms with van der Waals surface area (Å²) in [5, 5.41) is 0. The molecule has 0 spiro atoms. The zero-order valence-electron chi connectivity index (χ0n) is 13.2. The Morgan fingerprint density at radius 2 is 1.91 bits per heavy atom. The molecule has 0 saturated carbocycles. The Kier molecular flexibility index (Phi) is 3.63. The van der Waals surface area contributed by atoms with Crippen molar-refractivity contribution in [3.05, 3.63) is 65.2 Å². The summed E-state index contributed by atoms with van der Waals surface area (Å²) in [6, 6.07) is 17.4. The Morgan fingerprint density at radius 1 is 1.05 bits per heavy atom. The van der Waals surface area contributed by atoms with Gasteiger partial charge in [-0.1, -0.05) is 42.5 Å². The fourth-order valence-electron chi connectivity index (χ4n) is 4.26. The van der Waals surface area contributed by atoms with Gasteiger partial charge in [0.15, 0.2) is 0 Å². The van der Waals surface area contributed by atoms with Crippen molar-refractivity contribution in [2.75, 3.05) is 26.7 Å². The first-order valence-electron chi connectivity index (χ1n) is 8.27. The van der Waals surface area contributed by atoms with Gasteiger partial charge in [0.1, 0.15) is 5.75 Å². The van der Waals surface area contributed by atoms with Crippen LogP contribution in [0.15, 0.2) is 48.5 Å². The molecular weight excluding hydrogens is 270 g/mol. The standard InChI is InChI=1S/C20H23NO/c1-22-19-9-5-8-16-12-17-13-21(14-18(17)20(16)19)11-10-15-6-3-2-4-7-15/h2-9,17-18H,10-14H2,1H3. The van der Waals surface area contributed by atoms with Gasteiger partial charge < -0.3 is 9.64 Å². The van der Waals surface area contributed by atoms with Crippen LogP contribution in [-0.4, -0.2) is 31.6 Å². The van der Waals surface area contributed by atoms with E-state index >= 15 is 0 Å². The molecule has 2 aromatic carbocycles. The Morgan fingerprint density at radius 3 is 2.73 bits per heavy atom. The lowest BCUT2D eigenvalue weighted by atomic mass is 9.96. The highest BCUT2D eigenvalue weighted by Crippen LogP contribution is 2.46. The van der Waals surface area contributed by atoms with Gasteiger partial charge in [0.05, 0.1) is 7.11 Å². The van der Waals surface area contributed by atoms with Crippen molar-refractivity contribution in [3.8, 4) is 5.75 Å². The fourth-order valence-corrected chi connectivity index (χ4v) is 4.26. The quantitative estimate of drug-likeness (QED) is 0.855. The van der Waals surface area contributed by atoms with Gasteiger partial charge in [-0.15, -0.1) is 0 Å². The number of hydrogen-bond acceptors (Lipinski definition) is 2. The maximum absolute atomic E-state index is 5.61. The second-order valence-corrected chi connectivity index (χ2v) is 6.60. The molecule has 1 heterocycles. The SMILES string of the molecule is COc1cccc2c1C1CN(CCc3ccccc3)CC1C2. The molecule has 0 aromatic heterocycles. The van der Waals surface area contributed by atoms with Gasteiger partial charge >= 0.3 is 0 Å². The third-order valence-corrected chi connectivity index (χ3v) is 5.31. The van der Waals surface area contributed by atoms with Crippen LogP contribution in [0.25, 0.3) is 0 Å². The number of hydrogen-bond donors (Lipinski definition) is 0. The Hall–Kier alpha value is -1.80. The van der Waals surface area contributed by atoms with E-state index in [-0.39, 0.29) is 0 Å². The van der Waals surface area contributed by atoms with E-state index in [9.17, 15) is 0 Å². The maximum atomic E-state index is 5.61. The van der Waals surface area contributed by atoms with Crippen molar-refractivity contribution < 1.29 is 4.74 Å². The summed E-state index contributed by atoms with van der Waals surface area (Å²) in [5.41, 5.74) is 4.44. The van der Waals surface area contributed by atoms with E-state index in [1.54, 1.807) is 7.11 Å². The van der Waals surface area contributed by atoms with Gasteiger partial charge in [0.2, 0.25) is 0 Å². The molecule has 0 radical (unpaired) electrons. The lowest BCUT2D eigenvalue weighted by Gasteiger charge is -2.18. The highest BCUT2D eigenvalue weighted by atomic mass is 16.5. The van der Waals surface area contributed by atoms with E-state index in [4.69, 9.17) is 4.74 Å². The summed E-state index contributed by atoms with van der Waals surface area (Å²) in [7, 11) is 1.80. The minimum Gasteiger partial charge on any atom is -0.496 e. The fraction of sp³-hybridized carbons (Fsp3) is 0.400. The van der Waals surface area contributed by atoms with Gasteiger partial charge in [0.25, 0.3) is 0 Å². The van der Waals surface area contributed by atoms with Crippen molar-refractivity contribution in [1.29, 1.82) is 0 Å². The largest absolute Gasteiger partial charge is 0.496 e. The van der Waals surface area contributed by atoms with Gasteiger partial charge in [-0.3, -0.25) is 0 Å². The maximum Gasteiger partial charge on any atom is 0.122 e. The Labute approximate surface area is 132 Å². The first kappa shape index (κ1) is 13.8. The first-order chi connectivity index (χ1) is 10.8. The summed E-state index contributed by atoms with van der Waals surface area (Å²) >= 11 is 0. The second kappa shape index (κ2) is 5.77. The predicted octanol–water partition coefficient (Wildman–Crippen LogP) is 3.51. The van der Waals surface area contributed by atoms with Gasteiger partial charge in [-0.05, 0) is 36.0 Å². The lowest BCUT2D eigenvalue weighted by molar-refractivity contribution is 0.325. The molecule has 0 amide bonds. The molecule has 0 N–H and O–H groups in total. The number of likely N-dealkylation sites (tertiary alicyclic amines) is 1. The second-order valence-electron chi connectivity index (χ2n) is 6.60. The summed E-state index contributed by atoms with van der Waals surface area (Å²) < 4.78 is 5.61. The highest BCUT2D eigenvalue weighted by molar-refractivity contribution is 5.48. The number of benzene rings is 2. The molecule has 2 nitrogen and oxygen atoms in total. The number of methoxy groups -OCH3 is 1. The first-order valence-corrected chi connectivity index (χ1v) is 8.27. The number of fused-ring (bicyclic) bond motifs is 3. The van der Waals surface area contributed by atoms with Crippen molar-refractivity contribution in [1.82, 2.24) is 4.90 Å². The molecule has 22 heavy (non-hydrogen) atoms. The average molecular weight is 293 g/mol.